The van der Waals surface area contributed by atoms with Gasteiger partial charge in [0, 0.05) is 24.4 Å². The van der Waals surface area contributed by atoms with Crippen molar-refractivity contribution in [2.75, 3.05) is 13.1 Å². The summed E-state index contributed by atoms with van der Waals surface area (Å²) in [6.45, 7) is 2.93. The van der Waals surface area contributed by atoms with Gasteiger partial charge in [0.1, 0.15) is 0 Å². The number of carbonyl (C=O) groups is 2. The van der Waals surface area contributed by atoms with Crippen LogP contribution in [-0.2, 0) is 4.79 Å². The van der Waals surface area contributed by atoms with Crippen LogP contribution in [0.1, 0.15) is 29.3 Å². The third-order valence-electron chi connectivity index (χ3n) is 4.12. The van der Waals surface area contributed by atoms with Gasteiger partial charge in [-0.2, -0.15) is 0 Å². The average molecular weight is 280 g/mol. The number of carbonyl (C=O) groups excluding carboxylic acids is 1. The average Bonchev–Trinajstić information content (AvgIpc) is 2.95. The Bertz CT molecular complexity index is 528. The van der Waals surface area contributed by atoms with Gasteiger partial charge in [0.05, 0.1) is 12.1 Å². The molecule has 5 nitrogen and oxygen atoms in total. The Morgan fingerprint density at radius 3 is 2.89 bits per heavy atom. The fourth-order valence-corrected chi connectivity index (χ4v) is 3.97. The molecule has 2 atom stereocenters. The Morgan fingerprint density at radius 2 is 2.26 bits per heavy atom. The first-order valence-electron chi connectivity index (χ1n) is 6.42. The van der Waals surface area contributed by atoms with Gasteiger partial charge in [0.25, 0.3) is 0 Å². The van der Waals surface area contributed by atoms with Crippen LogP contribution in [0.25, 0.3) is 0 Å². The number of fused-ring (bicyclic) bond motifs is 1. The standard InChI is InChI=1S/C13H16N2O3S/c1-8-9(4-7-19-8)12-10-2-3-11(16)14(10)5-6-15(12)13(17)18/h4,7,10,12H,2-3,5-6H2,1H3,(H,17,18). The summed E-state index contributed by atoms with van der Waals surface area (Å²) in [4.78, 5) is 27.8. The summed E-state index contributed by atoms with van der Waals surface area (Å²) in [5.74, 6) is 0.160. The Morgan fingerprint density at radius 1 is 1.47 bits per heavy atom. The molecule has 2 fully saturated rings. The molecule has 2 amide bonds. The minimum Gasteiger partial charge on any atom is -0.465 e. The van der Waals surface area contributed by atoms with Crippen molar-refractivity contribution in [1.29, 1.82) is 0 Å². The normalized spacial score (nSPS) is 26.7. The van der Waals surface area contributed by atoms with Crippen LogP contribution < -0.4 is 0 Å². The fourth-order valence-electron chi connectivity index (χ4n) is 3.23. The summed E-state index contributed by atoms with van der Waals surface area (Å²) in [6.07, 6.45) is 0.398. The zero-order valence-electron chi connectivity index (χ0n) is 10.7. The Labute approximate surface area is 115 Å². The van der Waals surface area contributed by atoms with Crippen LogP contribution in [-0.4, -0.2) is 46.0 Å². The molecule has 2 unspecified atom stereocenters. The van der Waals surface area contributed by atoms with Crippen LogP contribution in [0.4, 0.5) is 4.79 Å². The van der Waals surface area contributed by atoms with E-state index in [1.807, 2.05) is 23.3 Å². The lowest BCUT2D eigenvalue weighted by Crippen LogP contribution is -2.54. The number of aryl methyl sites for hydroxylation is 1. The number of nitrogens with zero attached hydrogens (tertiary/aromatic N) is 2. The molecule has 2 aliphatic rings. The summed E-state index contributed by atoms with van der Waals surface area (Å²) >= 11 is 1.62. The summed E-state index contributed by atoms with van der Waals surface area (Å²) in [5.41, 5.74) is 1.05. The molecule has 6 heteroatoms. The van der Waals surface area contributed by atoms with E-state index in [0.29, 0.717) is 19.5 Å². The monoisotopic (exact) mass is 280 g/mol. The van der Waals surface area contributed by atoms with Crippen LogP contribution in [0.2, 0.25) is 0 Å². The highest BCUT2D eigenvalue weighted by atomic mass is 32.1. The second-order valence-electron chi connectivity index (χ2n) is 5.05. The van der Waals surface area contributed by atoms with Gasteiger partial charge < -0.3 is 10.0 Å². The molecular weight excluding hydrogens is 264 g/mol. The smallest absolute Gasteiger partial charge is 0.407 e. The molecular formula is C13H16N2O3S. The molecule has 102 valence electrons. The number of carboxylic acid groups (broad SMARTS) is 1. The molecule has 1 aromatic heterocycles. The summed E-state index contributed by atoms with van der Waals surface area (Å²) in [7, 11) is 0. The van der Waals surface area contributed by atoms with Crippen molar-refractivity contribution in [3.05, 3.63) is 21.9 Å². The first-order valence-corrected chi connectivity index (χ1v) is 7.30. The van der Waals surface area contributed by atoms with E-state index in [1.54, 1.807) is 11.3 Å². The predicted octanol–water partition coefficient (Wildman–Crippen LogP) is 2.08. The SMILES string of the molecule is Cc1sccc1C1C2CCC(=O)N2CCN1C(=O)O. The maximum Gasteiger partial charge on any atom is 0.407 e. The molecule has 2 saturated heterocycles. The van der Waals surface area contributed by atoms with Gasteiger partial charge in [-0.1, -0.05) is 0 Å². The number of hydrogen-bond acceptors (Lipinski definition) is 3. The fraction of sp³-hybridized carbons (Fsp3) is 0.538. The number of amides is 2. The molecule has 0 saturated carbocycles. The van der Waals surface area contributed by atoms with Gasteiger partial charge in [-0.3, -0.25) is 9.69 Å². The van der Waals surface area contributed by atoms with Crippen LogP contribution in [0.15, 0.2) is 11.4 Å². The zero-order chi connectivity index (χ0) is 13.6. The number of hydrogen-bond donors (Lipinski definition) is 1. The maximum absolute atomic E-state index is 11.8. The van der Waals surface area contributed by atoms with E-state index in [1.165, 1.54) is 4.90 Å². The second-order valence-corrected chi connectivity index (χ2v) is 6.17. The van der Waals surface area contributed by atoms with Gasteiger partial charge in [-0.25, -0.2) is 4.79 Å². The van der Waals surface area contributed by atoms with Crippen molar-refractivity contribution in [3.63, 3.8) is 0 Å². The minimum absolute atomic E-state index is 0.00523. The summed E-state index contributed by atoms with van der Waals surface area (Å²) in [6, 6.07) is 1.79. The topological polar surface area (TPSA) is 60.9 Å². The lowest BCUT2D eigenvalue weighted by Gasteiger charge is -2.43. The van der Waals surface area contributed by atoms with Crippen molar-refractivity contribution < 1.29 is 14.7 Å². The highest BCUT2D eigenvalue weighted by Gasteiger charge is 2.45. The highest BCUT2D eigenvalue weighted by Crippen LogP contribution is 2.39. The molecule has 0 aromatic carbocycles. The van der Waals surface area contributed by atoms with Gasteiger partial charge in [0.15, 0.2) is 0 Å². The van der Waals surface area contributed by atoms with E-state index in [4.69, 9.17) is 0 Å². The van der Waals surface area contributed by atoms with Crippen molar-refractivity contribution in [3.8, 4) is 0 Å². The molecule has 0 spiro atoms. The highest BCUT2D eigenvalue weighted by molar-refractivity contribution is 7.10. The molecule has 19 heavy (non-hydrogen) atoms. The molecule has 0 bridgehead atoms. The van der Waals surface area contributed by atoms with E-state index in [0.717, 1.165) is 16.9 Å². The summed E-state index contributed by atoms with van der Waals surface area (Å²) < 4.78 is 0. The lowest BCUT2D eigenvalue weighted by atomic mass is 9.94. The Balaban J connectivity index is 2.01. The van der Waals surface area contributed by atoms with E-state index >= 15 is 0 Å². The third kappa shape index (κ3) is 1.90. The largest absolute Gasteiger partial charge is 0.465 e. The van der Waals surface area contributed by atoms with Crippen LogP contribution in [0, 0.1) is 6.92 Å². The summed E-state index contributed by atoms with van der Waals surface area (Å²) in [5, 5.41) is 11.4. The first-order chi connectivity index (χ1) is 9.09. The predicted molar refractivity (Wildman–Crippen MR) is 71.3 cm³/mol. The molecule has 1 N–H and O–H groups in total. The van der Waals surface area contributed by atoms with Gasteiger partial charge in [-0.05, 0) is 30.4 Å². The number of piperazine rings is 1. The van der Waals surface area contributed by atoms with Crippen LogP contribution in [0.3, 0.4) is 0 Å². The van der Waals surface area contributed by atoms with E-state index in [-0.39, 0.29) is 18.0 Å². The number of rotatable bonds is 1. The van der Waals surface area contributed by atoms with Crippen molar-refractivity contribution in [1.82, 2.24) is 9.80 Å². The maximum atomic E-state index is 11.8. The minimum atomic E-state index is -0.894. The van der Waals surface area contributed by atoms with Crippen LogP contribution in [0.5, 0.6) is 0 Å². The first kappa shape index (κ1) is 12.5. The molecule has 1 aromatic rings. The van der Waals surface area contributed by atoms with E-state index in [2.05, 4.69) is 0 Å². The molecule has 0 radical (unpaired) electrons. The van der Waals surface area contributed by atoms with Crippen LogP contribution >= 0.6 is 11.3 Å². The van der Waals surface area contributed by atoms with Gasteiger partial charge in [0.2, 0.25) is 5.91 Å². The van der Waals surface area contributed by atoms with E-state index < -0.39 is 6.09 Å². The number of thiophene rings is 1. The lowest BCUT2D eigenvalue weighted by molar-refractivity contribution is -0.131. The van der Waals surface area contributed by atoms with Gasteiger partial charge >= 0.3 is 6.09 Å². The van der Waals surface area contributed by atoms with Crippen molar-refractivity contribution in [2.45, 2.75) is 31.8 Å². The molecule has 3 heterocycles. The molecule has 3 rings (SSSR count). The van der Waals surface area contributed by atoms with Gasteiger partial charge in [-0.15, -0.1) is 11.3 Å². The van der Waals surface area contributed by atoms with E-state index in [9.17, 15) is 14.7 Å². The second kappa shape index (κ2) is 4.52. The zero-order valence-corrected chi connectivity index (χ0v) is 11.5. The Hall–Kier alpha value is -1.56. The third-order valence-corrected chi connectivity index (χ3v) is 4.98. The van der Waals surface area contributed by atoms with Crippen molar-refractivity contribution >= 4 is 23.3 Å². The van der Waals surface area contributed by atoms with Crippen molar-refractivity contribution in [2.24, 2.45) is 0 Å². The Kier molecular flexibility index (Phi) is 2.97. The molecule has 0 aliphatic carbocycles. The quantitative estimate of drug-likeness (QED) is 0.856. The molecule has 2 aliphatic heterocycles.